The van der Waals surface area contributed by atoms with Crippen LogP contribution in [0.1, 0.15) is 39.2 Å². The summed E-state index contributed by atoms with van der Waals surface area (Å²) in [5.74, 6) is 0.175. The number of ketones is 1. The zero-order chi connectivity index (χ0) is 11.7. The lowest BCUT2D eigenvalue weighted by molar-refractivity contribution is -0.123. The van der Waals surface area contributed by atoms with Gasteiger partial charge in [0.15, 0.2) is 5.78 Å². The first kappa shape index (κ1) is 11.2. The number of carbonyl (C=O) groups excluding carboxylic acids is 1. The van der Waals surface area contributed by atoms with Gasteiger partial charge in [0.25, 0.3) is 0 Å². The van der Waals surface area contributed by atoms with Crippen molar-refractivity contribution in [3.63, 3.8) is 0 Å². The standard InChI is InChI=1S/C12H18N2O2/c1-3-9(2)11(15)8-13-6-7-14(12(13)16)10-4-5-10/h6-7,9-10H,3-5,8H2,1-2H3. The van der Waals surface area contributed by atoms with Crippen LogP contribution in [0.3, 0.4) is 0 Å². The molecule has 1 heterocycles. The Hall–Kier alpha value is -1.32. The first-order valence-electron chi connectivity index (χ1n) is 5.93. The molecule has 0 bridgehead atoms. The second-order valence-corrected chi connectivity index (χ2v) is 4.62. The highest BCUT2D eigenvalue weighted by molar-refractivity contribution is 5.80. The smallest absolute Gasteiger partial charge is 0.297 e. The Bertz CT molecular complexity index is 440. The highest BCUT2D eigenvalue weighted by Crippen LogP contribution is 2.33. The molecule has 1 atom stereocenters. The fourth-order valence-electron chi connectivity index (χ4n) is 1.73. The van der Waals surface area contributed by atoms with E-state index in [0.29, 0.717) is 6.04 Å². The van der Waals surface area contributed by atoms with Gasteiger partial charge in [0.1, 0.15) is 0 Å². The van der Waals surface area contributed by atoms with Crippen molar-refractivity contribution in [3.05, 3.63) is 22.9 Å². The molecule has 4 nitrogen and oxygen atoms in total. The van der Waals surface area contributed by atoms with Crippen molar-refractivity contribution in [1.29, 1.82) is 0 Å². The van der Waals surface area contributed by atoms with E-state index < -0.39 is 0 Å². The molecule has 0 N–H and O–H groups in total. The van der Waals surface area contributed by atoms with E-state index in [1.54, 1.807) is 17.0 Å². The van der Waals surface area contributed by atoms with Crippen LogP contribution in [-0.2, 0) is 11.3 Å². The molecule has 88 valence electrons. The third-order valence-electron chi connectivity index (χ3n) is 3.30. The van der Waals surface area contributed by atoms with Crippen LogP contribution >= 0.6 is 0 Å². The number of hydrogen-bond donors (Lipinski definition) is 0. The minimum Gasteiger partial charge on any atom is -0.297 e. The molecule has 1 aromatic heterocycles. The van der Waals surface area contributed by atoms with Gasteiger partial charge in [-0.3, -0.25) is 13.9 Å². The third kappa shape index (κ3) is 2.10. The zero-order valence-electron chi connectivity index (χ0n) is 9.85. The van der Waals surface area contributed by atoms with Crippen molar-refractivity contribution in [2.75, 3.05) is 0 Å². The summed E-state index contributed by atoms with van der Waals surface area (Å²) in [6.45, 7) is 4.11. The number of hydrogen-bond acceptors (Lipinski definition) is 2. The molecule has 4 heteroatoms. The number of aromatic nitrogens is 2. The van der Waals surface area contributed by atoms with Crippen molar-refractivity contribution >= 4 is 5.78 Å². The lowest BCUT2D eigenvalue weighted by Crippen LogP contribution is -2.28. The van der Waals surface area contributed by atoms with E-state index in [1.807, 2.05) is 13.8 Å². The Kier molecular flexibility index (Phi) is 2.99. The molecule has 1 aliphatic rings. The summed E-state index contributed by atoms with van der Waals surface area (Å²) >= 11 is 0. The molecule has 1 fully saturated rings. The minimum absolute atomic E-state index is 0.0381. The maximum atomic E-state index is 11.9. The summed E-state index contributed by atoms with van der Waals surface area (Å²) in [5.41, 5.74) is -0.0425. The molecule has 0 amide bonds. The van der Waals surface area contributed by atoms with Crippen molar-refractivity contribution in [3.8, 4) is 0 Å². The zero-order valence-corrected chi connectivity index (χ0v) is 9.85. The van der Waals surface area contributed by atoms with Gasteiger partial charge in [-0.05, 0) is 19.3 Å². The number of nitrogens with zero attached hydrogens (tertiary/aromatic N) is 2. The van der Waals surface area contributed by atoms with Gasteiger partial charge in [0.2, 0.25) is 0 Å². The topological polar surface area (TPSA) is 44.0 Å². The van der Waals surface area contributed by atoms with E-state index in [1.165, 1.54) is 4.57 Å². The quantitative estimate of drug-likeness (QED) is 0.759. The molecule has 2 rings (SSSR count). The maximum absolute atomic E-state index is 11.9. The predicted octanol–water partition coefficient (Wildman–Crippen LogP) is 1.60. The number of rotatable bonds is 5. The van der Waals surface area contributed by atoms with Crippen LogP contribution in [0, 0.1) is 5.92 Å². The molecule has 0 radical (unpaired) electrons. The van der Waals surface area contributed by atoms with E-state index in [4.69, 9.17) is 0 Å². The lowest BCUT2D eigenvalue weighted by Gasteiger charge is -2.06. The molecule has 0 spiro atoms. The SMILES string of the molecule is CCC(C)C(=O)Cn1ccn(C2CC2)c1=O. The van der Waals surface area contributed by atoms with Gasteiger partial charge >= 0.3 is 5.69 Å². The third-order valence-corrected chi connectivity index (χ3v) is 3.30. The van der Waals surface area contributed by atoms with Crippen LogP contribution in [0.4, 0.5) is 0 Å². The number of imidazole rings is 1. The summed E-state index contributed by atoms with van der Waals surface area (Å²) in [4.78, 5) is 23.6. The predicted molar refractivity (Wildman–Crippen MR) is 61.4 cm³/mol. The summed E-state index contributed by atoms with van der Waals surface area (Å²) in [7, 11) is 0. The average Bonchev–Trinajstić information content (AvgIpc) is 3.05. The highest BCUT2D eigenvalue weighted by atomic mass is 16.2. The molecule has 1 aliphatic carbocycles. The minimum atomic E-state index is -0.0425. The summed E-state index contributed by atoms with van der Waals surface area (Å²) < 4.78 is 3.26. The molecule has 1 aromatic rings. The number of Topliss-reactive ketones (excluding diaryl/α,β-unsaturated/α-hetero) is 1. The van der Waals surface area contributed by atoms with Crippen LogP contribution in [-0.4, -0.2) is 14.9 Å². The van der Waals surface area contributed by atoms with Gasteiger partial charge in [0.05, 0.1) is 6.54 Å². The van der Waals surface area contributed by atoms with E-state index >= 15 is 0 Å². The first-order chi connectivity index (χ1) is 7.63. The van der Waals surface area contributed by atoms with Gasteiger partial charge in [-0.1, -0.05) is 13.8 Å². The average molecular weight is 222 g/mol. The molecular weight excluding hydrogens is 204 g/mol. The van der Waals surface area contributed by atoms with Gasteiger partial charge in [-0.25, -0.2) is 4.79 Å². The molecule has 16 heavy (non-hydrogen) atoms. The monoisotopic (exact) mass is 222 g/mol. The van der Waals surface area contributed by atoms with Gasteiger partial charge in [-0.15, -0.1) is 0 Å². The second-order valence-electron chi connectivity index (χ2n) is 4.62. The Balaban J connectivity index is 2.10. The van der Waals surface area contributed by atoms with Crippen molar-refractivity contribution in [2.24, 2.45) is 5.92 Å². The molecule has 0 saturated heterocycles. The van der Waals surface area contributed by atoms with Gasteiger partial charge in [0, 0.05) is 24.4 Å². The fourth-order valence-corrected chi connectivity index (χ4v) is 1.73. The second kappa shape index (κ2) is 4.28. The van der Waals surface area contributed by atoms with Crippen molar-refractivity contribution in [1.82, 2.24) is 9.13 Å². The molecular formula is C12H18N2O2. The molecule has 1 saturated carbocycles. The Morgan fingerprint density at radius 2 is 2.19 bits per heavy atom. The lowest BCUT2D eigenvalue weighted by atomic mass is 10.0. The van der Waals surface area contributed by atoms with Crippen molar-refractivity contribution < 1.29 is 4.79 Å². The maximum Gasteiger partial charge on any atom is 0.328 e. The number of carbonyl (C=O) groups is 1. The Morgan fingerprint density at radius 3 is 2.75 bits per heavy atom. The van der Waals surface area contributed by atoms with Crippen LogP contribution in [0.5, 0.6) is 0 Å². The van der Waals surface area contributed by atoms with Gasteiger partial charge < -0.3 is 0 Å². The van der Waals surface area contributed by atoms with E-state index in [-0.39, 0.29) is 23.9 Å². The molecule has 1 unspecified atom stereocenters. The van der Waals surface area contributed by atoms with E-state index in [9.17, 15) is 9.59 Å². The molecule has 0 aromatic carbocycles. The molecule has 0 aliphatic heterocycles. The summed E-state index contributed by atoms with van der Waals surface area (Å²) in [6, 6.07) is 0.382. The van der Waals surface area contributed by atoms with Crippen LogP contribution in [0.25, 0.3) is 0 Å². The Morgan fingerprint density at radius 1 is 1.50 bits per heavy atom. The van der Waals surface area contributed by atoms with Crippen LogP contribution < -0.4 is 5.69 Å². The normalized spacial score (nSPS) is 17.4. The fraction of sp³-hybridized carbons (Fsp3) is 0.667. The summed E-state index contributed by atoms with van der Waals surface area (Å²) in [5, 5.41) is 0. The first-order valence-corrected chi connectivity index (χ1v) is 5.93. The van der Waals surface area contributed by atoms with E-state index in [2.05, 4.69) is 0 Å². The van der Waals surface area contributed by atoms with Crippen molar-refractivity contribution in [2.45, 2.75) is 45.7 Å². The van der Waals surface area contributed by atoms with Crippen LogP contribution in [0.2, 0.25) is 0 Å². The van der Waals surface area contributed by atoms with Crippen LogP contribution in [0.15, 0.2) is 17.2 Å². The van der Waals surface area contributed by atoms with E-state index in [0.717, 1.165) is 19.3 Å². The highest BCUT2D eigenvalue weighted by Gasteiger charge is 2.26. The summed E-state index contributed by atoms with van der Waals surface area (Å²) in [6.07, 6.45) is 6.52. The Labute approximate surface area is 94.9 Å². The largest absolute Gasteiger partial charge is 0.328 e. The van der Waals surface area contributed by atoms with Gasteiger partial charge in [-0.2, -0.15) is 0 Å².